The van der Waals surface area contributed by atoms with Crippen molar-refractivity contribution in [1.29, 1.82) is 0 Å². The van der Waals surface area contributed by atoms with E-state index in [0.717, 1.165) is 10.9 Å². The van der Waals surface area contributed by atoms with Crippen LogP contribution >= 0.6 is 0 Å². The van der Waals surface area contributed by atoms with E-state index in [2.05, 4.69) is 27.7 Å². The van der Waals surface area contributed by atoms with Crippen LogP contribution in [-0.2, 0) is 13.3 Å². The Kier molecular flexibility index (Phi) is 19.6. The maximum atomic E-state index is 6.15. The van der Waals surface area contributed by atoms with Gasteiger partial charge in [-0.05, 0) is 25.7 Å². The Hall–Kier alpha value is 0.0569. The highest BCUT2D eigenvalue weighted by Crippen LogP contribution is 2.32. The van der Waals surface area contributed by atoms with E-state index in [1.54, 1.807) is 0 Å². The highest BCUT2D eigenvalue weighted by atomic mass is 28.4. The Morgan fingerprint density at radius 3 is 1.23 bits per heavy atom. The number of nitrogens with zero attached hydrogens (tertiary/aromatic N) is 1. The van der Waals surface area contributed by atoms with Crippen LogP contribution in [0.4, 0.5) is 0 Å². The molecule has 0 fully saturated rings. The second-order valence-corrected chi connectivity index (χ2v) is 12.5. The van der Waals surface area contributed by atoms with Gasteiger partial charge in [0.2, 0.25) is 0 Å². The van der Waals surface area contributed by atoms with Crippen molar-refractivity contribution in [2.75, 3.05) is 41.0 Å². The minimum absolute atomic E-state index is 0.345. The Bertz CT molecular complexity index is 361. The largest absolute Gasteiger partial charge is 0.561 e. The van der Waals surface area contributed by atoms with Gasteiger partial charge in [-0.15, -0.1) is 0 Å². The predicted octanol–water partition coefficient (Wildman–Crippen LogP) is 7.52. The van der Waals surface area contributed by atoms with E-state index in [-0.39, 0.29) is 0 Å². The Morgan fingerprint density at radius 2 is 0.871 bits per heavy atom. The van der Waals surface area contributed by atoms with Gasteiger partial charge in [0.05, 0.1) is 19.6 Å². The van der Waals surface area contributed by atoms with Crippen molar-refractivity contribution in [1.82, 2.24) is 0 Å². The van der Waals surface area contributed by atoms with Crippen molar-refractivity contribution in [2.24, 2.45) is 0 Å². The van der Waals surface area contributed by atoms with Gasteiger partial charge >= 0.3 is 8.80 Å². The molecule has 0 amide bonds. The summed E-state index contributed by atoms with van der Waals surface area (Å²) >= 11 is 0. The van der Waals surface area contributed by atoms with Crippen LogP contribution in [0.25, 0.3) is 0 Å². The summed E-state index contributed by atoms with van der Waals surface area (Å²) in [5.74, 6) is 0. The average molecular weight is 461 g/mol. The van der Waals surface area contributed by atoms with Crippen LogP contribution in [0.3, 0.4) is 0 Å². The first kappa shape index (κ1) is 31.1. The third-order valence-electron chi connectivity index (χ3n) is 7.12. The summed E-state index contributed by atoms with van der Waals surface area (Å²) in [6, 6.07) is 0. The summed E-state index contributed by atoms with van der Waals surface area (Å²) in [4.78, 5) is 0. The number of unbranched alkanes of at least 4 members (excludes halogenated alkanes) is 10. The van der Waals surface area contributed by atoms with Crippen LogP contribution in [0.1, 0.15) is 124 Å². The van der Waals surface area contributed by atoms with Gasteiger partial charge in [0, 0.05) is 27.8 Å². The van der Waals surface area contributed by atoms with Crippen molar-refractivity contribution in [3.05, 3.63) is 0 Å². The number of hydrogen-bond acceptors (Lipinski definition) is 3. The molecule has 0 radical (unpaired) electrons. The molecular weight excluding hydrogens is 402 g/mol. The molecule has 0 aliphatic rings. The van der Waals surface area contributed by atoms with E-state index in [1.807, 2.05) is 21.3 Å². The van der Waals surface area contributed by atoms with Gasteiger partial charge in [0.25, 0.3) is 0 Å². The molecular formula is C26H58NO3Si+. The van der Waals surface area contributed by atoms with E-state index in [4.69, 9.17) is 13.3 Å². The normalized spacial score (nSPS) is 13.6. The molecule has 0 aliphatic carbocycles. The van der Waals surface area contributed by atoms with Crippen molar-refractivity contribution in [3.63, 3.8) is 0 Å². The molecule has 0 spiro atoms. The Labute approximate surface area is 197 Å². The zero-order valence-electron chi connectivity index (χ0n) is 22.5. The summed E-state index contributed by atoms with van der Waals surface area (Å²) in [5.41, 5.74) is 0.345. The summed E-state index contributed by atoms with van der Waals surface area (Å²) in [6.45, 7) is 12.9. The van der Waals surface area contributed by atoms with Crippen molar-refractivity contribution >= 4 is 8.80 Å². The summed E-state index contributed by atoms with van der Waals surface area (Å²) < 4.78 is 19.6. The third-order valence-corrected chi connectivity index (χ3v) is 10.5. The van der Waals surface area contributed by atoms with Gasteiger partial charge in [0.15, 0.2) is 5.67 Å². The molecule has 188 valence electrons. The van der Waals surface area contributed by atoms with Crippen LogP contribution < -0.4 is 0 Å². The molecule has 0 aromatic rings. The molecule has 0 bridgehead atoms. The number of hydrogen-bond donors (Lipinski definition) is 0. The molecule has 0 N–H and O–H groups in total. The molecule has 5 heteroatoms. The second-order valence-electron chi connectivity index (χ2n) is 9.45. The van der Waals surface area contributed by atoms with Crippen molar-refractivity contribution in [2.45, 2.75) is 130 Å². The van der Waals surface area contributed by atoms with Crippen molar-refractivity contribution in [3.8, 4) is 0 Å². The molecule has 4 nitrogen and oxygen atoms in total. The van der Waals surface area contributed by atoms with Gasteiger partial charge in [0.1, 0.15) is 0 Å². The first-order chi connectivity index (χ1) is 15.1. The fourth-order valence-electron chi connectivity index (χ4n) is 5.14. The van der Waals surface area contributed by atoms with Crippen molar-refractivity contribution < 1.29 is 17.8 Å². The van der Waals surface area contributed by atoms with Gasteiger partial charge in [-0.25, -0.2) is 0 Å². The van der Waals surface area contributed by atoms with E-state index >= 15 is 0 Å². The molecule has 0 aromatic carbocycles. The lowest BCUT2D eigenvalue weighted by molar-refractivity contribution is -0.944. The smallest absolute Gasteiger partial charge is 0.373 e. The first-order valence-corrected chi connectivity index (χ1v) is 15.4. The van der Waals surface area contributed by atoms with E-state index in [9.17, 15) is 0 Å². The van der Waals surface area contributed by atoms with Gasteiger partial charge in [-0.3, -0.25) is 0 Å². The molecule has 1 unspecified atom stereocenters. The summed E-state index contributed by atoms with van der Waals surface area (Å²) in [7, 11) is 2.69. The second kappa shape index (κ2) is 19.5. The lowest BCUT2D eigenvalue weighted by Gasteiger charge is -2.49. The topological polar surface area (TPSA) is 27.7 Å². The average Bonchev–Trinajstić information content (AvgIpc) is 2.80. The lowest BCUT2D eigenvalue weighted by Crippen LogP contribution is -2.70. The minimum Gasteiger partial charge on any atom is -0.373 e. The maximum absolute atomic E-state index is 6.15. The number of rotatable bonds is 23. The van der Waals surface area contributed by atoms with Crippen LogP contribution in [-0.4, -0.2) is 59.9 Å². The minimum atomic E-state index is -2.75. The van der Waals surface area contributed by atoms with Gasteiger partial charge in [-0.1, -0.05) is 91.9 Å². The van der Waals surface area contributed by atoms with Crippen LogP contribution in [0.15, 0.2) is 0 Å². The first-order valence-electron chi connectivity index (χ1n) is 13.6. The monoisotopic (exact) mass is 460 g/mol. The molecule has 0 aromatic heterocycles. The fourth-order valence-corrected chi connectivity index (χ4v) is 8.07. The highest BCUT2D eigenvalue weighted by molar-refractivity contribution is 6.62. The predicted molar refractivity (Wildman–Crippen MR) is 137 cm³/mol. The molecule has 1 atom stereocenters. The summed E-state index contributed by atoms with van der Waals surface area (Å²) in [6.07, 6.45) is 19.5. The van der Waals surface area contributed by atoms with Crippen LogP contribution in [0, 0.1) is 0 Å². The molecule has 0 heterocycles. The van der Waals surface area contributed by atoms with Gasteiger partial charge in [-0.2, -0.15) is 0 Å². The molecule has 0 saturated heterocycles. The third kappa shape index (κ3) is 11.2. The Balaban J connectivity index is 5.52. The SMILES string of the molecule is CCCCCCCCCCC([N+](CCCC)(CCCC)CCCC)[Si](OC)(OC)OC. The number of quaternary nitrogens is 1. The molecule has 31 heavy (non-hydrogen) atoms. The zero-order chi connectivity index (χ0) is 23.4. The molecule has 0 saturated carbocycles. The standard InChI is InChI=1S/C26H58NO3Si/c1-8-12-16-17-18-19-20-21-22-26(31(28-5,29-6)30-7)27(23-13-9-2,24-14-10-3)25-15-11-4/h26H,8-25H2,1-7H3/q+1. The zero-order valence-corrected chi connectivity index (χ0v) is 23.5. The van der Waals surface area contributed by atoms with Gasteiger partial charge < -0.3 is 17.8 Å². The van der Waals surface area contributed by atoms with E-state index in [0.29, 0.717) is 5.67 Å². The molecule has 0 aliphatic heterocycles. The summed E-state index contributed by atoms with van der Waals surface area (Å²) in [5, 5.41) is 0. The molecule has 0 rings (SSSR count). The maximum Gasteiger partial charge on any atom is 0.561 e. The van der Waals surface area contributed by atoms with Crippen LogP contribution in [0.5, 0.6) is 0 Å². The van der Waals surface area contributed by atoms with Crippen LogP contribution in [0.2, 0.25) is 0 Å². The highest BCUT2D eigenvalue weighted by Gasteiger charge is 2.58. The Morgan fingerprint density at radius 1 is 0.516 bits per heavy atom. The quantitative estimate of drug-likeness (QED) is 0.0896. The fraction of sp³-hybridized carbons (Fsp3) is 1.00. The lowest BCUT2D eigenvalue weighted by atomic mass is 10.1. The van der Waals surface area contributed by atoms with E-state index < -0.39 is 8.80 Å². The van der Waals surface area contributed by atoms with E-state index in [1.165, 1.54) is 110 Å².